The number of fused-ring (bicyclic) bond motifs is 2. The van der Waals surface area contributed by atoms with Crippen molar-refractivity contribution in [1.82, 2.24) is 0 Å². The van der Waals surface area contributed by atoms with E-state index in [4.69, 9.17) is 32.2 Å². The summed E-state index contributed by atoms with van der Waals surface area (Å²) < 4.78 is 43.0. The van der Waals surface area contributed by atoms with Crippen LogP contribution in [-0.2, 0) is 45.1 Å². The van der Waals surface area contributed by atoms with Gasteiger partial charge in [-0.05, 0) is 111 Å². The van der Waals surface area contributed by atoms with Crippen LogP contribution in [-0.4, -0.2) is 87.4 Å². The molecule has 2 aromatic rings. The molecular weight excluding hydrogens is 861 g/mol. The molecule has 0 radical (unpaired) electrons. The fourth-order valence-corrected chi connectivity index (χ4v) is 12.2. The van der Waals surface area contributed by atoms with Gasteiger partial charge in [-0.1, -0.05) is 127 Å². The Morgan fingerprint density at radius 3 is 1.57 bits per heavy atom. The first kappa shape index (κ1) is 53.8. The second kappa shape index (κ2) is 23.0. The zero-order valence-electron chi connectivity index (χ0n) is 43.0. The van der Waals surface area contributed by atoms with Crippen molar-refractivity contribution in [3.05, 3.63) is 108 Å². The lowest BCUT2D eigenvalue weighted by Gasteiger charge is -2.39. The molecule has 0 spiro atoms. The quantitative estimate of drug-likeness (QED) is 0.0899. The maximum absolute atomic E-state index is 10.6. The van der Waals surface area contributed by atoms with Crippen LogP contribution in [0.1, 0.15) is 91.2 Å². The summed E-state index contributed by atoms with van der Waals surface area (Å²) >= 11 is 0. The molecule has 65 heavy (non-hydrogen) atoms. The predicted octanol–water partition coefficient (Wildman–Crippen LogP) is 13.0. The van der Waals surface area contributed by atoms with E-state index in [0.29, 0.717) is 24.2 Å². The molecule has 364 valence electrons. The first-order chi connectivity index (χ1) is 30.4. The number of methoxy groups -OCH3 is 2. The molecule has 11 heteroatoms. The minimum atomic E-state index is -1.91. The lowest BCUT2D eigenvalue weighted by molar-refractivity contribution is -0.118. The lowest BCUT2D eigenvalue weighted by Crippen LogP contribution is -2.43. The molecule has 2 saturated carbocycles. The van der Waals surface area contributed by atoms with Crippen LogP contribution in [0.15, 0.2) is 96.8 Å². The van der Waals surface area contributed by atoms with Gasteiger partial charge in [0.25, 0.3) is 0 Å². The van der Waals surface area contributed by atoms with Crippen LogP contribution in [0.4, 0.5) is 0 Å². The molecule has 2 heterocycles. The van der Waals surface area contributed by atoms with Crippen LogP contribution in [0, 0.1) is 23.7 Å². The van der Waals surface area contributed by atoms with E-state index >= 15 is 0 Å². The highest BCUT2D eigenvalue weighted by atomic mass is 28.4. The Hall–Kier alpha value is -2.17. The van der Waals surface area contributed by atoms with Crippen LogP contribution >= 0.6 is 0 Å². The summed E-state index contributed by atoms with van der Waals surface area (Å²) in [6, 6.07) is 21.3. The van der Waals surface area contributed by atoms with Gasteiger partial charge in [-0.25, -0.2) is 0 Å². The highest BCUT2D eigenvalue weighted by molar-refractivity contribution is 6.74. The van der Waals surface area contributed by atoms with Gasteiger partial charge in [0, 0.05) is 51.2 Å². The van der Waals surface area contributed by atoms with E-state index in [9.17, 15) is 5.11 Å². The molecule has 8 nitrogen and oxygen atoms in total. The average molecular weight is 950 g/mol. The van der Waals surface area contributed by atoms with Crippen molar-refractivity contribution in [2.75, 3.05) is 14.2 Å². The summed E-state index contributed by atoms with van der Waals surface area (Å²) in [4.78, 5) is 0. The number of hydrogen-bond donors (Lipinski definition) is 1. The molecule has 11 atom stereocenters. The minimum absolute atomic E-state index is 0.0536. The predicted molar refractivity (Wildman–Crippen MR) is 274 cm³/mol. The van der Waals surface area contributed by atoms with Gasteiger partial charge >= 0.3 is 0 Å². The van der Waals surface area contributed by atoms with Gasteiger partial charge in [-0.3, -0.25) is 0 Å². The molecule has 2 saturated heterocycles. The molecule has 0 aromatic heterocycles. The Balaban J connectivity index is 0.000000247. The molecule has 2 aromatic carbocycles. The van der Waals surface area contributed by atoms with E-state index in [0.717, 1.165) is 44.9 Å². The van der Waals surface area contributed by atoms with Gasteiger partial charge < -0.3 is 37.3 Å². The number of rotatable bonds is 18. The van der Waals surface area contributed by atoms with Crippen LogP contribution in [0.25, 0.3) is 0 Å². The van der Waals surface area contributed by atoms with Crippen molar-refractivity contribution in [3.63, 3.8) is 0 Å². The maximum atomic E-state index is 10.6. The summed E-state index contributed by atoms with van der Waals surface area (Å²) in [5, 5.41) is 11.0. The molecule has 2 aliphatic heterocycles. The van der Waals surface area contributed by atoms with Crippen molar-refractivity contribution < 1.29 is 37.3 Å². The van der Waals surface area contributed by atoms with Gasteiger partial charge in [0.15, 0.2) is 29.2 Å². The van der Waals surface area contributed by atoms with Crippen molar-refractivity contribution in [2.45, 2.75) is 192 Å². The van der Waals surface area contributed by atoms with E-state index in [-0.39, 0.29) is 59.1 Å². The molecule has 4 aliphatic rings. The van der Waals surface area contributed by atoms with Crippen LogP contribution in [0.5, 0.6) is 0 Å². The van der Waals surface area contributed by atoms with Crippen molar-refractivity contribution in [1.29, 1.82) is 0 Å². The first-order valence-electron chi connectivity index (χ1n) is 24.6. The topological polar surface area (TPSA) is 84.8 Å². The highest BCUT2D eigenvalue weighted by Gasteiger charge is 2.49. The van der Waals surface area contributed by atoms with Crippen molar-refractivity contribution in [3.8, 4) is 0 Å². The van der Waals surface area contributed by atoms with E-state index in [1.54, 1.807) is 14.2 Å². The first-order valence-corrected chi connectivity index (χ1v) is 33.8. The standard InChI is InChI=1S/C29H48O4Si2.C25H40O4Si/c1-29(2,3)35(8,9)33-24(16-15-22-13-11-10-12-14-22)17-18-25-23(21-31-34(5,6)7)19-27-26(25)20-28(30-4)32-27;1-25(2,3)30(5,6)29-19(13-12-18-10-8-7-9-11-18)14-15-20-21-16-24(27-4)28-23(21)17-22(20)26/h10-14,17-18,21,24-28H,15-16,19-20H2,1-9H3;7-11,14-15,19-24,26H,12-13,16-17H2,1-6H3/b18-17+,23-21?;15-14+/t24-,25-,26+,27-,28?;19-,20+,21+,22+,23-,24?/m00/s1. The Bertz CT molecular complexity index is 1830. The van der Waals surface area contributed by atoms with Crippen LogP contribution < -0.4 is 0 Å². The largest absolute Gasteiger partial charge is 0.550 e. The molecule has 2 aliphatic carbocycles. The summed E-state index contributed by atoms with van der Waals surface area (Å²) in [6.45, 7) is 29.8. The molecular formula is C54H88O8Si3. The summed E-state index contributed by atoms with van der Waals surface area (Å²) in [6.07, 6.45) is 18.4. The Morgan fingerprint density at radius 2 is 1.11 bits per heavy atom. The second-order valence-electron chi connectivity index (χ2n) is 23.2. The third-order valence-electron chi connectivity index (χ3n) is 15.1. The van der Waals surface area contributed by atoms with Crippen LogP contribution in [0.2, 0.25) is 55.9 Å². The highest BCUT2D eigenvalue weighted by Crippen LogP contribution is 2.48. The number of allylic oxidation sites excluding steroid dienone is 1. The van der Waals surface area contributed by atoms with Gasteiger partial charge in [0.1, 0.15) is 0 Å². The monoisotopic (exact) mass is 949 g/mol. The number of hydrogen-bond acceptors (Lipinski definition) is 8. The summed E-state index contributed by atoms with van der Waals surface area (Å²) in [5.74, 6) is 1.16. The van der Waals surface area contributed by atoms with Crippen molar-refractivity contribution in [2.24, 2.45) is 23.7 Å². The molecule has 0 amide bonds. The van der Waals surface area contributed by atoms with E-state index in [1.165, 1.54) is 16.7 Å². The number of aryl methyl sites for hydroxylation is 2. The number of aliphatic hydroxyl groups excluding tert-OH is 1. The Morgan fingerprint density at radius 1 is 0.646 bits per heavy atom. The number of benzene rings is 2. The zero-order chi connectivity index (χ0) is 47.8. The average Bonchev–Trinajstić information content (AvgIpc) is 3.98. The number of ether oxygens (including phenoxy) is 4. The molecule has 1 N–H and O–H groups in total. The van der Waals surface area contributed by atoms with E-state index in [2.05, 4.69) is 179 Å². The molecule has 6 rings (SSSR count). The third kappa shape index (κ3) is 15.4. The zero-order valence-corrected chi connectivity index (χ0v) is 46.0. The van der Waals surface area contributed by atoms with Gasteiger partial charge in [0.05, 0.1) is 36.8 Å². The summed E-state index contributed by atoms with van der Waals surface area (Å²) in [5.41, 5.74) is 4.05. The molecule has 0 bridgehead atoms. The van der Waals surface area contributed by atoms with Crippen LogP contribution in [0.3, 0.4) is 0 Å². The lowest BCUT2D eigenvalue weighted by atomic mass is 9.90. The minimum Gasteiger partial charge on any atom is -0.550 e. The van der Waals surface area contributed by atoms with Gasteiger partial charge in [0.2, 0.25) is 8.32 Å². The summed E-state index contributed by atoms with van der Waals surface area (Å²) in [7, 11) is -2.02. The smallest absolute Gasteiger partial charge is 0.241 e. The van der Waals surface area contributed by atoms with E-state index < -0.39 is 25.0 Å². The van der Waals surface area contributed by atoms with E-state index in [1.807, 2.05) is 0 Å². The fraction of sp³-hybridized carbons (Fsp3) is 0.667. The van der Waals surface area contributed by atoms with Crippen molar-refractivity contribution >= 4 is 25.0 Å². The molecule has 4 fully saturated rings. The SMILES string of the molecule is COC1C[C@@H]2[C@@H](/C=C/[C@H](CCc3ccccc3)O[Si](C)(C)C(C)(C)C)[C@H](O)C[C@@H]2O1.COC1C[C@H]2[C@H](CC(=CO[Si](C)(C)C)[C@@H]2/C=C/[C@H](CCc2ccccc2)O[Si](C)(C)C(C)(C)C)O1. The third-order valence-corrected chi connectivity index (χ3v) is 24.9. The Labute approximate surface area is 398 Å². The number of aliphatic hydroxyl groups is 1. The Kier molecular flexibility index (Phi) is 19.0. The van der Waals surface area contributed by atoms with Gasteiger partial charge in [-0.2, -0.15) is 0 Å². The normalized spacial score (nSPS) is 29.0. The fourth-order valence-electron chi connectivity index (χ4n) is 9.11. The van der Waals surface area contributed by atoms with Gasteiger partial charge in [-0.15, -0.1) is 0 Å². The molecule has 2 unspecified atom stereocenters. The maximum Gasteiger partial charge on any atom is 0.241 e. The second-order valence-corrected chi connectivity index (χ2v) is 37.1.